The van der Waals surface area contributed by atoms with E-state index >= 15 is 0 Å². The summed E-state index contributed by atoms with van der Waals surface area (Å²) < 4.78 is 7.41. The van der Waals surface area contributed by atoms with E-state index in [-0.39, 0.29) is 0 Å². The fourth-order valence-corrected chi connectivity index (χ4v) is 3.11. The van der Waals surface area contributed by atoms with Gasteiger partial charge in [-0.05, 0) is 31.0 Å². The molecule has 0 amide bonds. The van der Waals surface area contributed by atoms with Crippen LogP contribution in [0.3, 0.4) is 0 Å². The van der Waals surface area contributed by atoms with E-state index in [2.05, 4.69) is 28.2 Å². The average Bonchev–Trinajstić information content (AvgIpc) is 3.04. The summed E-state index contributed by atoms with van der Waals surface area (Å²) in [6.45, 7) is 2.52. The number of nitrogens with two attached hydrogens (primary N) is 1. The first kappa shape index (κ1) is 15.2. The number of aromatic nitrogens is 2. The Hall–Kier alpha value is -1.69. The second-order valence-electron chi connectivity index (χ2n) is 5.83. The van der Waals surface area contributed by atoms with Gasteiger partial charge >= 0.3 is 0 Å². The van der Waals surface area contributed by atoms with Crippen LogP contribution in [0.2, 0.25) is 0 Å². The van der Waals surface area contributed by atoms with E-state index in [4.69, 9.17) is 10.5 Å². The maximum absolute atomic E-state index is 5.94. The highest BCUT2D eigenvalue weighted by atomic mass is 16.5. The normalized spacial score (nSPS) is 22.8. The molecular formula is C17H24N4O. The Kier molecular flexibility index (Phi) is 4.87. The predicted molar refractivity (Wildman–Crippen MR) is 86.8 cm³/mol. The maximum Gasteiger partial charge on any atom is 0.0769 e. The average molecular weight is 300 g/mol. The summed E-state index contributed by atoms with van der Waals surface area (Å²) in [4.78, 5) is 2.42. The van der Waals surface area contributed by atoms with E-state index in [0.717, 1.165) is 37.3 Å². The molecule has 1 aliphatic heterocycles. The lowest BCUT2D eigenvalue weighted by Gasteiger charge is -2.38. The number of methoxy groups -OCH3 is 1. The fraction of sp³-hybridized carbons (Fsp3) is 0.471. The molecule has 1 aromatic carbocycles. The fourth-order valence-electron chi connectivity index (χ4n) is 3.11. The van der Waals surface area contributed by atoms with Crippen molar-refractivity contribution in [1.82, 2.24) is 14.7 Å². The van der Waals surface area contributed by atoms with Crippen molar-refractivity contribution in [3.63, 3.8) is 0 Å². The van der Waals surface area contributed by atoms with Gasteiger partial charge in [0.2, 0.25) is 0 Å². The van der Waals surface area contributed by atoms with E-state index in [1.807, 2.05) is 29.1 Å². The van der Waals surface area contributed by atoms with Crippen molar-refractivity contribution in [1.29, 1.82) is 0 Å². The van der Waals surface area contributed by atoms with Gasteiger partial charge in [-0.3, -0.25) is 4.90 Å². The largest absolute Gasteiger partial charge is 0.381 e. The highest BCUT2D eigenvalue weighted by Gasteiger charge is 2.27. The second kappa shape index (κ2) is 7.05. The molecule has 0 radical (unpaired) electrons. The number of rotatable bonds is 5. The van der Waals surface area contributed by atoms with Crippen LogP contribution in [-0.4, -0.2) is 47.0 Å². The zero-order valence-corrected chi connectivity index (χ0v) is 13.1. The molecule has 0 aliphatic carbocycles. The Balaban J connectivity index is 1.67. The third-order valence-corrected chi connectivity index (χ3v) is 4.43. The summed E-state index contributed by atoms with van der Waals surface area (Å²) in [6, 6.07) is 12.6. The summed E-state index contributed by atoms with van der Waals surface area (Å²) in [5.74, 6) is 0. The van der Waals surface area contributed by atoms with Crippen molar-refractivity contribution < 1.29 is 4.74 Å². The van der Waals surface area contributed by atoms with Crippen molar-refractivity contribution in [2.24, 2.45) is 5.73 Å². The smallest absolute Gasteiger partial charge is 0.0769 e. The molecule has 22 heavy (non-hydrogen) atoms. The summed E-state index contributed by atoms with van der Waals surface area (Å²) in [5.41, 5.74) is 8.10. The molecule has 1 aliphatic rings. The zero-order chi connectivity index (χ0) is 15.4. The topological polar surface area (TPSA) is 56.3 Å². The van der Waals surface area contributed by atoms with Gasteiger partial charge in [0.1, 0.15) is 0 Å². The molecule has 5 nitrogen and oxygen atoms in total. The second-order valence-corrected chi connectivity index (χ2v) is 5.83. The van der Waals surface area contributed by atoms with Crippen LogP contribution in [0, 0.1) is 0 Å². The number of benzene rings is 1. The van der Waals surface area contributed by atoms with E-state index in [9.17, 15) is 0 Å². The van der Waals surface area contributed by atoms with Gasteiger partial charge in [0.25, 0.3) is 0 Å². The third-order valence-electron chi connectivity index (χ3n) is 4.43. The van der Waals surface area contributed by atoms with Crippen LogP contribution in [0.25, 0.3) is 5.69 Å². The van der Waals surface area contributed by atoms with Gasteiger partial charge in [-0.15, -0.1) is 0 Å². The van der Waals surface area contributed by atoms with Crippen molar-refractivity contribution in [3.8, 4) is 5.69 Å². The molecule has 0 spiro atoms. The van der Waals surface area contributed by atoms with Crippen molar-refractivity contribution >= 4 is 0 Å². The first-order chi connectivity index (χ1) is 10.8. The number of nitrogens with zero attached hydrogens (tertiary/aromatic N) is 3. The Morgan fingerprint density at radius 1 is 1.27 bits per heavy atom. The van der Waals surface area contributed by atoms with Crippen LogP contribution in [0.4, 0.5) is 0 Å². The predicted octanol–water partition coefficient (Wildman–Crippen LogP) is 1.81. The van der Waals surface area contributed by atoms with Crippen LogP contribution in [0.5, 0.6) is 0 Å². The van der Waals surface area contributed by atoms with Crippen LogP contribution in [-0.2, 0) is 11.3 Å². The quantitative estimate of drug-likeness (QED) is 0.915. The van der Waals surface area contributed by atoms with Crippen LogP contribution < -0.4 is 5.73 Å². The van der Waals surface area contributed by atoms with E-state index in [0.29, 0.717) is 18.7 Å². The molecule has 0 saturated carbocycles. The van der Waals surface area contributed by atoms with Gasteiger partial charge in [-0.2, -0.15) is 5.10 Å². The summed E-state index contributed by atoms with van der Waals surface area (Å²) >= 11 is 0. The number of piperidine rings is 1. The third kappa shape index (κ3) is 3.38. The molecular weight excluding hydrogens is 276 g/mol. The lowest BCUT2D eigenvalue weighted by Crippen LogP contribution is -2.48. The molecule has 0 bridgehead atoms. The van der Waals surface area contributed by atoms with Crippen molar-refractivity contribution in [3.05, 3.63) is 48.3 Å². The van der Waals surface area contributed by atoms with E-state index in [1.54, 1.807) is 7.11 Å². The van der Waals surface area contributed by atoms with Crippen LogP contribution in [0.1, 0.15) is 18.5 Å². The monoisotopic (exact) mass is 300 g/mol. The minimum atomic E-state index is 0.340. The highest BCUT2D eigenvalue weighted by Crippen LogP contribution is 2.21. The molecule has 2 atom stereocenters. The molecule has 3 rings (SSSR count). The Bertz CT molecular complexity index is 583. The molecule has 118 valence electrons. The van der Waals surface area contributed by atoms with Gasteiger partial charge in [0.15, 0.2) is 0 Å². The highest BCUT2D eigenvalue weighted by molar-refractivity contribution is 5.30. The van der Waals surface area contributed by atoms with Gasteiger partial charge < -0.3 is 10.5 Å². The van der Waals surface area contributed by atoms with Gasteiger partial charge in [0.05, 0.1) is 17.5 Å². The number of hydrogen-bond acceptors (Lipinski definition) is 4. The van der Waals surface area contributed by atoms with Gasteiger partial charge in [0, 0.05) is 39.0 Å². The zero-order valence-electron chi connectivity index (χ0n) is 13.1. The Morgan fingerprint density at radius 3 is 2.82 bits per heavy atom. The van der Waals surface area contributed by atoms with Crippen LogP contribution >= 0.6 is 0 Å². The number of likely N-dealkylation sites (tertiary alicyclic amines) is 1. The summed E-state index contributed by atoms with van der Waals surface area (Å²) in [6.07, 6.45) is 4.43. The molecule has 5 heteroatoms. The lowest BCUT2D eigenvalue weighted by atomic mass is 9.99. The minimum absolute atomic E-state index is 0.340. The number of para-hydroxylation sites is 1. The SMILES string of the molecule is COC1CCN(Cc2ccn(-c3ccccc3)n2)C(CN)C1. The molecule has 2 aromatic rings. The summed E-state index contributed by atoms with van der Waals surface area (Å²) in [5, 5.41) is 4.69. The van der Waals surface area contributed by atoms with Crippen molar-refractivity contribution in [2.75, 3.05) is 20.2 Å². The van der Waals surface area contributed by atoms with Gasteiger partial charge in [-0.1, -0.05) is 18.2 Å². The van der Waals surface area contributed by atoms with E-state index in [1.165, 1.54) is 0 Å². The molecule has 2 N–H and O–H groups in total. The maximum atomic E-state index is 5.94. The summed E-state index contributed by atoms with van der Waals surface area (Å²) in [7, 11) is 1.79. The Labute approximate surface area is 131 Å². The Morgan fingerprint density at radius 2 is 2.09 bits per heavy atom. The number of hydrogen-bond donors (Lipinski definition) is 1. The van der Waals surface area contributed by atoms with E-state index < -0.39 is 0 Å². The minimum Gasteiger partial charge on any atom is -0.381 e. The van der Waals surface area contributed by atoms with Crippen molar-refractivity contribution in [2.45, 2.75) is 31.5 Å². The van der Waals surface area contributed by atoms with Gasteiger partial charge in [-0.25, -0.2) is 4.68 Å². The molecule has 1 saturated heterocycles. The lowest BCUT2D eigenvalue weighted by molar-refractivity contribution is 0.00975. The molecule has 2 heterocycles. The molecule has 2 unspecified atom stereocenters. The molecule has 1 fully saturated rings. The number of ether oxygens (including phenoxy) is 1. The van der Waals surface area contributed by atoms with Crippen LogP contribution in [0.15, 0.2) is 42.6 Å². The standard InChI is InChI=1S/C17H24N4O/c1-22-17-8-9-20(16(11-17)12-18)13-14-7-10-21(19-14)15-5-3-2-4-6-15/h2-7,10,16-17H,8-9,11-13,18H2,1H3. The first-order valence-corrected chi connectivity index (χ1v) is 7.87. The first-order valence-electron chi connectivity index (χ1n) is 7.87. The molecule has 1 aromatic heterocycles.